The number of primary amides is 1. The molecule has 0 aliphatic heterocycles. The highest BCUT2D eigenvalue weighted by Gasteiger charge is 2.35. The van der Waals surface area contributed by atoms with Gasteiger partial charge < -0.3 is 25.3 Å². The number of hydrogen-bond donors (Lipinski definition) is 2. The number of alkyl carbamates (subject to hydrolysis) is 1. The number of nitrogens with zero attached hydrogens (tertiary/aromatic N) is 1. The van der Waals surface area contributed by atoms with Gasteiger partial charge in [-0.15, -0.1) is 0 Å². The molecule has 0 unspecified atom stereocenters. The molecule has 3 aromatic rings. The van der Waals surface area contributed by atoms with Crippen LogP contribution in [-0.4, -0.2) is 41.2 Å². The third-order valence-corrected chi connectivity index (χ3v) is 6.43. The van der Waals surface area contributed by atoms with Gasteiger partial charge in [0, 0.05) is 6.54 Å². The largest absolute Gasteiger partial charge is 0.489 e. The molecule has 0 aliphatic carbocycles. The number of hydrogen-bond acceptors (Lipinski definition) is 6. The summed E-state index contributed by atoms with van der Waals surface area (Å²) in [7, 11) is 0. The van der Waals surface area contributed by atoms with Crippen LogP contribution in [0.25, 0.3) is 0 Å². The predicted octanol–water partition coefficient (Wildman–Crippen LogP) is 6.12. The average Bonchev–Trinajstić information content (AvgIpc) is 2.96. The van der Waals surface area contributed by atoms with E-state index in [2.05, 4.69) is 5.32 Å². The van der Waals surface area contributed by atoms with Gasteiger partial charge in [-0.2, -0.15) is 0 Å². The lowest BCUT2D eigenvalue weighted by atomic mass is 10.0. The lowest BCUT2D eigenvalue weighted by molar-refractivity contribution is -0.124. The van der Waals surface area contributed by atoms with Crippen LogP contribution >= 0.6 is 0 Å². The van der Waals surface area contributed by atoms with E-state index in [-0.39, 0.29) is 19.6 Å². The molecule has 0 fully saturated rings. The van der Waals surface area contributed by atoms with Crippen molar-refractivity contribution < 1.29 is 28.6 Å². The Morgan fingerprint density at radius 3 is 1.98 bits per heavy atom. The summed E-state index contributed by atoms with van der Waals surface area (Å²) >= 11 is 0. The van der Waals surface area contributed by atoms with Gasteiger partial charge in [0.15, 0.2) is 0 Å². The van der Waals surface area contributed by atoms with Crippen molar-refractivity contribution in [2.75, 3.05) is 6.54 Å². The van der Waals surface area contributed by atoms with Crippen molar-refractivity contribution in [3.8, 4) is 5.75 Å². The molecule has 0 saturated heterocycles. The van der Waals surface area contributed by atoms with E-state index in [9.17, 15) is 14.4 Å². The first-order valence-corrected chi connectivity index (χ1v) is 14.1. The summed E-state index contributed by atoms with van der Waals surface area (Å²) in [4.78, 5) is 39.5. The molecule has 0 radical (unpaired) electrons. The quantitative estimate of drug-likeness (QED) is 0.237. The van der Waals surface area contributed by atoms with E-state index in [0.717, 1.165) is 16.7 Å². The van der Waals surface area contributed by atoms with Gasteiger partial charge in [-0.3, -0.25) is 9.69 Å². The van der Waals surface area contributed by atoms with Crippen molar-refractivity contribution in [2.24, 2.45) is 5.73 Å². The number of amides is 3. The van der Waals surface area contributed by atoms with Gasteiger partial charge in [0.05, 0.1) is 6.04 Å². The van der Waals surface area contributed by atoms with E-state index >= 15 is 0 Å². The molecule has 3 rings (SSSR count). The van der Waals surface area contributed by atoms with Gasteiger partial charge in [-0.1, -0.05) is 72.8 Å². The molecule has 0 heterocycles. The second kappa shape index (κ2) is 15.5. The van der Waals surface area contributed by atoms with Crippen molar-refractivity contribution >= 4 is 18.1 Å². The van der Waals surface area contributed by atoms with Crippen LogP contribution in [0, 0.1) is 0 Å². The molecular formula is C33H41N3O6. The van der Waals surface area contributed by atoms with Crippen LogP contribution < -0.4 is 15.8 Å². The Bertz CT molecular complexity index is 1280. The van der Waals surface area contributed by atoms with Crippen LogP contribution in [0.5, 0.6) is 5.75 Å². The van der Waals surface area contributed by atoms with Crippen molar-refractivity contribution in [1.82, 2.24) is 10.2 Å². The fourth-order valence-corrected chi connectivity index (χ4v) is 4.29. The highest BCUT2D eigenvalue weighted by atomic mass is 16.6. The summed E-state index contributed by atoms with van der Waals surface area (Å²) in [6.45, 7) is 7.92. The molecule has 9 nitrogen and oxygen atoms in total. The Labute approximate surface area is 247 Å². The summed E-state index contributed by atoms with van der Waals surface area (Å²) in [6, 6.07) is 25.0. The highest BCUT2D eigenvalue weighted by molar-refractivity contribution is 5.84. The minimum Gasteiger partial charge on any atom is -0.489 e. The number of benzene rings is 3. The standard InChI is InChI=1S/C33H41N3O6/c1-24(27-17-19-28(20-18-27)40-22-25-12-7-5-8-13-25)36(32(39)42-33(2,3)4)29(30(34)37)16-11-21-35-31(38)41-23-26-14-9-6-10-15-26/h5-10,12-15,17-20,24,29H,11,16,21-23H2,1-4H3,(H2,34,37)(H,35,38)/t24-,29-/m1/s1. The fraction of sp³-hybridized carbons (Fsp3) is 0.364. The summed E-state index contributed by atoms with van der Waals surface area (Å²) in [5.74, 6) is 0.0116. The first-order valence-electron chi connectivity index (χ1n) is 14.1. The van der Waals surface area contributed by atoms with Crippen molar-refractivity contribution in [3.63, 3.8) is 0 Å². The highest BCUT2D eigenvalue weighted by Crippen LogP contribution is 2.28. The second-order valence-corrected chi connectivity index (χ2v) is 11.0. The molecule has 3 amide bonds. The zero-order valence-corrected chi connectivity index (χ0v) is 24.7. The van der Waals surface area contributed by atoms with Crippen LogP contribution in [0.1, 0.15) is 63.3 Å². The maximum Gasteiger partial charge on any atom is 0.411 e. The molecule has 0 aromatic heterocycles. The molecule has 3 aromatic carbocycles. The van der Waals surface area contributed by atoms with Crippen LogP contribution in [0.4, 0.5) is 9.59 Å². The summed E-state index contributed by atoms with van der Waals surface area (Å²) in [6.07, 6.45) is -0.623. The summed E-state index contributed by atoms with van der Waals surface area (Å²) < 4.78 is 16.8. The normalized spacial score (nSPS) is 12.5. The third-order valence-electron chi connectivity index (χ3n) is 6.43. The van der Waals surface area contributed by atoms with Gasteiger partial charge in [-0.25, -0.2) is 9.59 Å². The van der Waals surface area contributed by atoms with Gasteiger partial charge in [0.2, 0.25) is 5.91 Å². The van der Waals surface area contributed by atoms with Gasteiger partial charge in [-0.05, 0) is 69.4 Å². The SMILES string of the molecule is C[C@H](c1ccc(OCc2ccccc2)cc1)N(C(=O)OC(C)(C)C)[C@H](CCCNC(=O)OCc1ccccc1)C(N)=O. The summed E-state index contributed by atoms with van der Waals surface area (Å²) in [5.41, 5.74) is 7.73. The average molecular weight is 576 g/mol. The summed E-state index contributed by atoms with van der Waals surface area (Å²) in [5, 5.41) is 2.68. The maximum absolute atomic E-state index is 13.4. The molecule has 0 spiro atoms. The maximum atomic E-state index is 13.4. The molecule has 2 atom stereocenters. The Balaban J connectivity index is 1.64. The smallest absolute Gasteiger partial charge is 0.411 e. The molecule has 224 valence electrons. The van der Waals surface area contributed by atoms with E-state index in [1.165, 1.54) is 4.90 Å². The lowest BCUT2D eigenvalue weighted by Gasteiger charge is -2.36. The number of ether oxygens (including phenoxy) is 3. The number of rotatable bonds is 13. The predicted molar refractivity (Wildman–Crippen MR) is 161 cm³/mol. The molecule has 42 heavy (non-hydrogen) atoms. The van der Waals surface area contributed by atoms with E-state index < -0.39 is 35.8 Å². The van der Waals surface area contributed by atoms with Crippen molar-refractivity contribution in [2.45, 2.75) is 71.4 Å². The molecule has 0 saturated carbocycles. The first kappa shape index (κ1) is 32.0. The van der Waals surface area contributed by atoms with E-state index in [1.807, 2.05) is 91.9 Å². The molecule has 0 aliphatic rings. The Kier molecular flexibility index (Phi) is 11.8. The van der Waals surface area contributed by atoms with Crippen molar-refractivity contribution in [3.05, 3.63) is 102 Å². The van der Waals surface area contributed by atoms with E-state index in [1.54, 1.807) is 20.8 Å². The number of carbonyl (C=O) groups is 3. The van der Waals surface area contributed by atoms with Crippen LogP contribution in [0.3, 0.4) is 0 Å². The van der Waals surface area contributed by atoms with E-state index in [4.69, 9.17) is 19.9 Å². The van der Waals surface area contributed by atoms with Crippen molar-refractivity contribution in [1.29, 1.82) is 0 Å². The Hall–Kier alpha value is -4.53. The number of nitrogens with one attached hydrogen (secondary N) is 1. The van der Waals surface area contributed by atoms with Gasteiger partial charge >= 0.3 is 12.2 Å². The first-order chi connectivity index (χ1) is 20.0. The zero-order valence-electron chi connectivity index (χ0n) is 24.7. The topological polar surface area (TPSA) is 120 Å². The molecule has 3 N–H and O–H groups in total. The van der Waals surface area contributed by atoms with Crippen LogP contribution in [0.15, 0.2) is 84.9 Å². The molecule has 9 heteroatoms. The Morgan fingerprint density at radius 1 is 0.857 bits per heavy atom. The second-order valence-electron chi connectivity index (χ2n) is 11.0. The molecule has 0 bridgehead atoms. The lowest BCUT2D eigenvalue weighted by Crippen LogP contribution is -2.50. The minimum atomic E-state index is -0.967. The van der Waals surface area contributed by atoms with E-state index in [0.29, 0.717) is 18.8 Å². The minimum absolute atomic E-state index is 0.149. The third kappa shape index (κ3) is 10.5. The van der Waals surface area contributed by atoms with Crippen LogP contribution in [-0.2, 0) is 27.5 Å². The Morgan fingerprint density at radius 2 is 1.43 bits per heavy atom. The molecular weight excluding hydrogens is 534 g/mol. The number of carbonyl (C=O) groups excluding carboxylic acids is 3. The fourth-order valence-electron chi connectivity index (χ4n) is 4.29. The number of nitrogens with two attached hydrogens (primary N) is 1. The van der Waals surface area contributed by atoms with Gasteiger partial charge in [0.25, 0.3) is 0 Å². The van der Waals surface area contributed by atoms with Crippen LogP contribution in [0.2, 0.25) is 0 Å². The van der Waals surface area contributed by atoms with Gasteiger partial charge in [0.1, 0.15) is 30.6 Å². The zero-order chi connectivity index (χ0) is 30.5. The monoisotopic (exact) mass is 575 g/mol.